The molecule has 0 aromatic heterocycles. The van der Waals surface area contributed by atoms with Crippen molar-refractivity contribution in [2.45, 2.75) is 38.6 Å². The molecule has 0 unspecified atom stereocenters. The topological polar surface area (TPSA) is 49.5 Å². The first kappa shape index (κ1) is 12.2. The van der Waals surface area contributed by atoms with Crippen LogP contribution in [0.4, 0.5) is 11.4 Å². The molecule has 3 heteroatoms. The minimum Gasteiger partial charge on any atom is -0.397 e. The smallest absolute Gasteiger partial charge is 0.0632 e. The average molecular weight is 234 g/mol. The number of hydrogen-bond donors (Lipinski definition) is 2. The summed E-state index contributed by atoms with van der Waals surface area (Å²) in [5.74, 6) is 0. The predicted octanol–water partition coefficient (Wildman–Crippen LogP) is 2.32. The Kier molecular flexibility index (Phi) is 3.89. The molecule has 0 bridgehead atoms. The van der Waals surface area contributed by atoms with Crippen LogP contribution in [0.5, 0.6) is 0 Å². The largest absolute Gasteiger partial charge is 0.397 e. The molecule has 1 saturated carbocycles. The quantitative estimate of drug-likeness (QED) is 0.786. The molecule has 1 aromatic carbocycles. The van der Waals surface area contributed by atoms with Crippen molar-refractivity contribution in [1.29, 1.82) is 0 Å². The van der Waals surface area contributed by atoms with E-state index in [1.165, 1.54) is 31.2 Å². The van der Waals surface area contributed by atoms with Gasteiger partial charge in [0.05, 0.1) is 18.0 Å². The Labute approximate surface area is 103 Å². The van der Waals surface area contributed by atoms with Crippen molar-refractivity contribution >= 4 is 11.4 Å². The van der Waals surface area contributed by atoms with Gasteiger partial charge in [-0.05, 0) is 31.4 Å². The summed E-state index contributed by atoms with van der Waals surface area (Å²) in [6.45, 7) is 2.95. The van der Waals surface area contributed by atoms with E-state index in [4.69, 9.17) is 5.73 Å². The zero-order valence-electron chi connectivity index (χ0n) is 10.5. The molecule has 0 aliphatic heterocycles. The molecule has 0 atom stereocenters. The number of para-hydroxylation sites is 1. The second-order valence-corrected chi connectivity index (χ2v) is 4.87. The maximum absolute atomic E-state index is 9.26. The van der Waals surface area contributed by atoms with Crippen LogP contribution >= 0.6 is 0 Å². The Morgan fingerprint density at radius 2 is 2.06 bits per heavy atom. The van der Waals surface area contributed by atoms with Gasteiger partial charge in [0.15, 0.2) is 0 Å². The van der Waals surface area contributed by atoms with Crippen molar-refractivity contribution in [2.24, 2.45) is 0 Å². The van der Waals surface area contributed by atoms with Crippen LogP contribution in [0.1, 0.15) is 31.2 Å². The molecule has 2 rings (SSSR count). The molecule has 1 fully saturated rings. The molecular formula is C14H22N2O. The van der Waals surface area contributed by atoms with E-state index in [1.54, 1.807) is 0 Å². The second-order valence-electron chi connectivity index (χ2n) is 4.87. The van der Waals surface area contributed by atoms with E-state index < -0.39 is 0 Å². The lowest BCUT2D eigenvalue weighted by Gasteiger charge is -2.32. The normalized spacial score (nSPS) is 16.4. The van der Waals surface area contributed by atoms with E-state index in [0.717, 1.165) is 11.4 Å². The third kappa shape index (κ3) is 2.55. The molecular weight excluding hydrogens is 212 g/mol. The van der Waals surface area contributed by atoms with Gasteiger partial charge in [0, 0.05) is 12.6 Å². The van der Waals surface area contributed by atoms with Crippen LogP contribution in [0.15, 0.2) is 18.2 Å². The summed E-state index contributed by atoms with van der Waals surface area (Å²) in [5, 5.41) is 9.26. The van der Waals surface area contributed by atoms with Gasteiger partial charge in [0.2, 0.25) is 0 Å². The minimum atomic E-state index is 0.185. The number of hydrogen-bond acceptors (Lipinski definition) is 3. The molecule has 17 heavy (non-hydrogen) atoms. The highest BCUT2D eigenvalue weighted by atomic mass is 16.3. The van der Waals surface area contributed by atoms with Crippen molar-refractivity contribution in [2.75, 3.05) is 23.8 Å². The Bertz CT molecular complexity index is 352. The summed E-state index contributed by atoms with van der Waals surface area (Å²) in [7, 11) is 0. The third-order valence-electron chi connectivity index (χ3n) is 3.66. The summed E-state index contributed by atoms with van der Waals surface area (Å²) < 4.78 is 0. The Morgan fingerprint density at radius 3 is 2.65 bits per heavy atom. The lowest BCUT2D eigenvalue weighted by molar-refractivity contribution is 0.297. The summed E-state index contributed by atoms with van der Waals surface area (Å²) in [4.78, 5) is 2.30. The summed E-state index contributed by atoms with van der Waals surface area (Å²) in [5.41, 5.74) is 9.24. The Balaban J connectivity index is 2.31. The van der Waals surface area contributed by atoms with Crippen LogP contribution in [0.2, 0.25) is 0 Å². The SMILES string of the molecule is Cc1cccc(N)c1N(CCO)C1CCCC1. The zero-order chi connectivity index (χ0) is 12.3. The van der Waals surface area contributed by atoms with Crippen molar-refractivity contribution in [3.63, 3.8) is 0 Å². The maximum Gasteiger partial charge on any atom is 0.0632 e. The summed E-state index contributed by atoms with van der Waals surface area (Å²) >= 11 is 0. The van der Waals surface area contributed by atoms with Gasteiger partial charge < -0.3 is 15.7 Å². The van der Waals surface area contributed by atoms with Crippen LogP contribution in [0, 0.1) is 6.92 Å². The van der Waals surface area contributed by atoms with Crippen molar-refractivity contribution in [3.05, 3.63) is 23.8 Å². The first-order chi connectivity index (χ1) is 8.24. The van der Waals surface area contributed by atoms with Gasteiger partial charge in [-0.25, -0.2) is 0 Å². The standard InChI is InChI=1S/C14H22N2O/c1-11-5-4-8-13(15)14(11)16(9-10-17)12-6-2-3-7-12/h4-5,8,12,17H,2-3,6-7,9-10,15H2,1H3. The highest BCUT2D eigenvalue weighted by Gasteiger charge is 2.24. The van der Waals surface area contributed by atoms with E-state index in [0.29, 0.717) is 12.6 Å². The number of anilines is 2. The molecule has 3 nitrogen and oxygen atoms in total. The minimum absolute atomic E-state index is 0.185. The van der Waals surface area contributed by atoms with E-state index in [9.17, 15) is 5.11 Å². The van der Waals surface area contributed by atoms with E-state index in [2.05, 4.69) is 17.9 Å². The number of benzene rings is 1. The second kappa shape index (κ2) is 5.41. The van der Waals surface area contributed by atoms with Crippen LogP contribution in [-0.4, -0.2) is 24.3 Å². The van der Waals surface area contributed by atoms with E-state index in [-0.39, 0.29) is 6.61 Å². The lowest BCUT2D eigenvalue weighted by Crippen LogP contribution is -2.36. The lowest BCUT2D eigenvalue weighted by atomic mass is 10.1. The van der Waals surface area contributed by atoms with Crippen LogP contribution in [0.25, 0.3) is 0 Å². The highest BCUT2D eigenvalue weighted by molar-refractivity contribution is 5.71. The van der Waals surface area contributed by atoms with Gasteiger partial charge in [-0.3, -0.25) is 0 Å². The van der Waals surface area contributed by atoms with Crippen molar-refractivity contribution in [1.82, 2.24) is 0 Å². The molecule has 1 aliphatic rings. The fraction of sp³-hybridized carbons (Fsp3) is 0.571. The van der Waals surface area contributed by atoms with E-state index >= 15 is 0 Å². The summed E-state index contributed by atoms with van der Waals surface area (Å²) in [6, 6.07) is 6.57. The molecule has 0 heterocycles. The fourth-order valence-corrected chi connectivity index (χ4v) is 2.87. The molecule has 0 radical (unpaired) electrons. The van der Waals surface area contributed by atoms with Gasteiger partial charge in [-0.1, -0.05) is 25.0 Å². The number of nitrogens with zero attached hydrogens (tertiary/aromatic N) is 1. The molecule has 94 valence electrons. The van der Waals surface area contributed by atoms with Crippen molar-refractivity contribution in [3.8, 4) is 0 Å². The zero-order valence-corrected chi connectivity index (χ0v) is 10.5. The van der Waals surface area contributed by atoms with Gasteiger partial charge in [-0.15, -0.1) is 0 Å². The molecule has 0 saturated heterocycles. The molecule has 0 spiro atoms. The number of aryl methyl sites for hydroxylation is 1. The van der Waals surface area contributed by atoms with Gasteiger partial charge in [0.1, 0.15) is 0 Å². The molecule has 3 N–H and O–H groups in total. The average Bonchev–Trinajstić information content (AvgIpc) is 2.80. The van der Waals surface area contributed by atoms with Crippen molar-refractivity contribution < 1.29 is 5.11 Å². The number of aliphatic hydroxyl groups excluding tert-OH is 1. The summed E-state index contributed by atoms with van der Waals surface area (Å²) in [6.07, 6.45) is 5.01. The third-order valence-corrected chi connectivity index (χ3v) is 3.66. The fourth-order valence-electron chi connectivity index (χ4n) is 2.87. The number of rotatable bonds is 4. The Hall–Kier alpha value is -1.22. The predicted molar refractivity (Wildman–Crippen MR) is 72.3 cm³/mol. The highest BCUT2D eigenvalue weighted by Crippen LogP contribution is 2.33. The monoisotopic (exact) mass is 234 g/mol. The first-order valence-corrected chi connectivity index (χ1v) is 6.46. The van der Waals surface area contributed by atoms with Gasteiger partial charge in [0.25, 0.3) is 0 Å². The Morgan fingerprint density at radius 1 is 1.35 bits per heavy atom. The molecule has 1 aliphatic carbocycles. The first-order valence-electron chi connectivity index (χ1n) is 6.46. The molecule has 0 amide bonds. The van der Waals surface area contributed by atoms with Gasteiger partial charge in [-0.2, -0.15) is 0 Å². The van der Waals surface area contributed by atoms with Gasteiger partial charge >= 0.3 is 0 Å². The van der Waals surface area contributed by atoms with Crippen LogP contribution < -0.4 is 10.6 Å². The number of aliphatic hydroxyl groups is 1. The van der Waals surface area contributed by atoms with E-state index in [1.807, 2.05) is 12.1 Å². The number of nitrogens with two attached hydrogens (primary N) is 1. The number of nitrogen functional groups attached to an aromatic ring is 1. The van der Waals surface area contributed by atoms with Crippen LogP contribution in [0.3, 0.4) is 0 Å². The van der Waals surface area contributed by atoms with Crippen LogP contribution in [-0.2, 0) is 0 Å². The maximum atomic E-state index is 9.26. The molecule has 1 aromatic rings.